The van der Waals surface area contributed by atoms with Gasteiger partial charge in [0, 0.05) is 12.6 Å². The fraction of sp³-hybridized carbons (Fsp3) is 0.500. The first kappa shape index (κ1) is 13.3. The summed E-state index contributed by atoms with van der Waals surface area (Å²) in [6, 6.07) is 3.13. The molecule has 1 unspecified atom stereocenters. The topological polar surface area (TPSA) is 38.0 Å². The van der Waals surface area contributed by atoms with Crippen LogP contribution in [0.3, 0.4) is 0 Å². The summed E-state index contributed by atoms with van der Waals surface area (Å²) in [6.45, 7) is 6.29. The molecule has 0 aliphatic heterocycles. The zero-order chi connectivity index (χ0) is 12.3. The quantitative estimate of drug-likeness (QED) is 0.854. The predicted molar refractivity (Wildman–Crippen MR) is 67.5 cm³/mol. The second kappa shape index (κ2) is 5.51. The van der Waals surface area contributed by atoms with Crippen LogP contribution in [0, 0.1) is 18.7 Å². The Bertz CT molecular complexity index is 366. The second-order valence-corrected chi connectivity index (χ2v) is 4.72. The molecule has 0 saturated heterocycles. The third-order valence-electron chi connectivity index (χ3n) is 2.65. The molecule has 16 heavy (non-hydrogen) atoms. The number of anilines is 1. The number of nitrogens with one attached hydrogen (secondary N) is 1. The van der Waals surface area contributed by atoms with E-state index in [2.05, 4.69) is 19.2 Å². The second-order valence-electron chi connectivity index (χ2n) is 4.31. The molecule has 4 heteroatoms. The Kier molecular flexibility index (Phi) is 4.56. The molecule has 0 heterocycles. The highest BCUT2D eigenvalue weighted by Crippen LogP contribution is 2.26. The minimum Gasteiger partial charge on any atom is -0.379 e. The monoisotopic (exact) mass is 244 g/mol. The molecule has 1 rings (SSSR count). The summed E-state index contributed by atoms with van der Waals surface area (Å²) in [5.41, 5.74) is 6.79. The Morgan fingerprint density at radius 3 is 2.56 bits per heavy atom. The van der Waals surface area contributed by atoms with Crippen LogP contribution in [0.15, 0.2) is 12.1 Å². The molecule has 0 saturated carbocycles. The van der Waals surface area contributed by atoms with Crippen LogP contribution in [0.1, 0.15) is 19.4 Å². The van der Waals surface area contributed by atoms with Crippen LogP contribution in [-0.4, -0.2) is 12.6 Å². The molecule has 0 aliphatic rings. The molecule has 2 nitrogen and oxygen atoms in total. The molecule has 1 aromatic rings. The highest BCUT2D eigenvalue weighted by Gasteiger charge is 2.13. The van der Waals surface area contributed by atoms with Crippen molar-refractivity contribution in [2.75, 3.05) is 11.9 Å². The van der Waals surface area contributed by atoms with Gasteiger partial charge in [-0.15, -0.1) is 0 Å². The van der Waals surface area contributed by atoms with Gasteiger partial charge in [0.25, 0.3) is 0 Å². The Balaban J connectivity index is 2.92. The maximum atomic E-state index is 13.4. The van der Waals surface area contributed by atoms with Gasteiger partial charge in [0.2, 0.25) is 0 Å². The van der Waals surface area contributed by atoms with E-state index in [1.165, 1.54) is 6.07 Å². The van der Waals surface area contributed by atoms with Crippen LogP contribution < -0.4 is 11.1 Å². The van der Waals surface area contributed by atoms with Crippen molar-refractivity contribution in [2.45, 2.75) is 26.8 Å². The summed E-state index contributed by atoms with van der Waals surface area (Å²) in [5, 5.41) is 3.69. The fourth-order valence-corrected chi connectivity index (χ4v) is 1.73. The van der Waals surface area contributed by atoms with E-state index in [-0.39, 0.29) is 11.9 Å². The van der Waals surface area contributed by atoms with Crippen LogP contribution >= 0.6 is 11.6 Å². The standard InChI is InChI=1S/C12H18ClFN2/c1-7(2)12(6-15)16-11-5-10(14)8(3)4-9(11)13/h4-5,7,12,16H,6,15H2,1-3H3. The predicted octanol–water partition coefficient (Wildman–Crippen LogP) is 3.18. The number of benzene rings is 1. The average molecular weight is 245 g/mol. The molecular weight excluding hydrogens is 227 g/mol. The van der Waals surface area contributed by atoms with Crippen molar-refractivity contribution in [1.82, 2.24) is 0 Å². The van der Waals surface area contributed by atoms with Crippen molar-refractivity contribution in [2.24, 2.45) is 11.7 Å². The van der Waals surface area contributed by atoms with Gasteiger partial charge in [0.1, 0.15) is 5.82 Å². The molecule has 0 radical (unpaired) electrons. The zero-order valence-corrected chi connectivity index (χ0v) is 10.6. The molecule has 1 aromatic carbocycles. The molecular formula is C12H18ClFN2. The van der Waals surface area contributed by atoms with E-state index in [9.17, 15) is 4.39 Å². The smallest absolute Gasteiger partial charge is 0.128 e. The van der Waals surface area contributed by atoms with Crippen molar-refractivity contribution >= 4 is 17.3 Å². The van der Waals surface area contributed by atoms with E-state index < -0.39 is 0 Å². The number of aryl methyl sites for hydroxylation is 1. The maximum Gasteiger partial charge on any atom is 0.128 e. The molecule has 3 N–H and O–H groups in total. The summed E-state index contributed by atoms with van der Waals surface area (Å²) < 4.78 is 13.4. The first-order chi connectivity index (χ1) is 7.45. The number of rotatable bonds is 4. The molecule has 0 aromatic heterocycles. The van der Waals surface area contributed by atoms with Gasteiger partial charge in [-0.2, -0.15) is 0 Å². The SMILES string of the molecule is Cc1cc(Cl)c(NC(CN)C(C)C)cc1F. The van der Waals surface area contributed by atoms with E-state index in [1.807, 2.05) is 0 Å². The normalized spacial score (nSPS) is 12.9. The van der Waals surface area contributed by atoms with Gasteiger partial charge in [-0.1, -0.05) is 25.4 Å². The van der Waals surface area contributed by atoms with Crippen LogP contribution in [0.25, 0.3) is 0 Å². The van der Waals surface area contributed by atoms with Crippen LogP contribution in [0.2, 0.25) is 5.02 Å². The van der Waals surface area contributed by atoms with Crippen molar-refractivity contribution in [1.29, 1.82) is 0 Å². The van der Waals surface area contributed by atoms with Crippen LogP contribution in [0.4, 0.5) is 10.1 Å². The maximum absolute atomic E-state index is 13.4. The molecule has 0 aliphatic carbocycles. The molecule has 0 bridgehead atoms. The molecule has 0 fully saturated rings. The number of hydrogen-bond acceptors (Lipinski definition) is 2. The summed E-state index contributed by atoms with van der Waals surface area (Å²) in [4.78, 5) is 0. The van der Waals surface area contributed by atoms with Crippen molar-refractivity contribution in [3.05, 3.63) is 28.5 Å². The first-order valence-corrected chi connectivity index (χ1v) is 5.75. The lowest BCUT2D eigenvalue weighted by atomic mass is 10.0. The Labute approximate surface area is 101 Å². The average Bonchev–Trinajstić information content (AvgIpc) is 2.21. The number of nitrogens with two attached hydrogens (primary N) is 1. The van der Waals surface area contributed by atoms with Crippen molar-refractivity contribution < 1.29 is 4.39 Å². The van der Waals surface area contributed by atoms with Gasteiger partial charge in [-0.05, 0) is 30.5 Å². The molecule has 0 amide bonds. The van der Waals surface area contributed by atoms with Gasteiger partial charge in [0.05, 0.1) is 10.7 Å². The number of halogens is 2. The van der Waals surface area contributed by atoms with E-state index in [0.717, 1.165) is 0 Å². The first-order valence-electron chi connectivity index (χ1n) is 5.38. The highest BCUT2D eigenvalue weighted by atomic mass is 35.5. The van der Waals surface area contributed by atoms with Crippen molar-refractivity contribution in [3.63, 3.8) is 0 Å². The zero-order valence-electron chi connectivity index (χ0n) is 9.85. The summed E-state index contributed by atoms with van der Waals surface area (Å²) in [6.07, 6.45) is 0. The Morgan fingerprint density at radius 2 is 2.06 bits per heavy atom. The number of hydrogen-bond donors (Lipinski definition) is 2. The van der Waals surface area contributed by atoms with E-state index in [0.29, 0.717) is 28.7 Å². The third kappa shape index (κ3) is 3.09. The van der Waals surface area contributed by atoms with Gasteiger partial charge < -0.3 is 11.1 Å². The van der Waals surface area contributed by atoms with Gasteiger partial charge in [-0.3, -0.25) is 0 Å². The van der Waals surface area contributed by atoms with E-state index in [4.69, 9.17) is 17.3 Å². The van der Waals surface area contributed by atoms with Crippen molar-refractivity contribution in [3.8, 4) is 0 Å². The fourth-order valence-electron chi connectivity index (χ4n) is 1.45. The van der Waals surface area contributed by atoms with Crippen LogP contribution in [-0.2, 0) is 0 Å². The molecule has 0 spiro atoms. The lowest BCUT2D eigenvalue weighted by molar-refractivity contribution is 0.531. The molecule has 1 atom stereocenters. The Morgan fingerprint density at radius 1 is 1.44 bits per heavy atom. The van der Waals surface area contributed by atoms with Crippen LogP contribution in [0.5, 0.6) is 0 Å². The minimum absolute atomic E-state index is 0.0969. The lowest BCUT2D eigenvalue weighted by Gasteiger charge is -2.22. The van der Waals surface area contributed by atoms with E-state index >= 15 is 0 Å². The van der Waals surface area contributed by atoms with Gasteiger partial charge in [-0.25, -0.2) is 4.39 Å². The lowest BCUT2D eigenvalue weighted by Crippen LogP contribution is -2.33. The summed E-state index contributed by atoms with van der Waals surface area (Å²) in [7, 11) is 0. The van der Waals surface area contributed by atoms with Gasteiger partial charge in [0.15, 0.2) is 0 Å². The van der Waals surface area contributed by atoms with Gasteiger partial charge >= 0.3 is 0 Å². The third-order valence-corrected chi connectivity index (χ3v) is 2.96. The van der Waals surface area contributed by atoms with E-state index in [1.54, 1.807) is 13.0 Å². The largest absolute Gasteiger partial charge is 0.379 e. The minimum atomic E-state index is -0.258. The Hall–Kier alpha value is -0.800. The molecule has 90 valence electrons. The summed E-state index contributed by atoms with van der Waals surface area (Å²) in [5.74, 6) is 0.108. The highest BCUT2D eigenvalue weighted by molar-refractivity contribution is 6.33. The summed E-state index contributed by atoms with van der Waals surface area (Å²) >= 11 is 6.04.